The van der Waals surface area contributed by atoms with Crippen molar-refractivity contribution in [1.82, 2.24) is 5.32 Å². The second-order valence-electron chi connectivity index (χ2n) is 22.4. The van der Waals surface area contributed by atoms with Crippen LogP contribution in [0.2, 0.25) is 0 Å². The fourth-order valence-corrected chi connectivity index (χ4v) is 10.2. The molecule has 0 aromatic carbocycles. The SMILES string of the molecule is CCCCCCCCCC/C=C\CCCCCCCCCCCCCC(=O)NC(COP(=O)([O-])OCC[N+](C)(C)C)C(O)CCCCCCCCCCCCCCCCCCCCCCCCCC. The second kappa shape index (κ2) is 52.1. The van der Waals surface area contributed by atoms with Crippen LogP contribution in [0.15, 0.2) is 12.2 Å². The molecule has 0 saturated carbocycles. The van der Waals surface area contributed by atoms with Gasteiger partial charge in [-0.3, -0.25) is 9.36 Å². The van der Waals surface area contributed by atoms with E-state index >= 15 is 0 Å². The van der Waals surface area contributed by atoms with Gasteiger partial charge in [0.25, 0.3) is 7.82 Å². The van der Waals surface area contributed by atoms with E-state index in [0.717, 1.165) is 38.5 Å². The van der Waals surface area contributed by atoms with Crippen LogP contribution >= 0.6 is 7.82 Å². The summed E-state index contributed by atoms with van der Waals surface area (Å²) in [5.41, 5.74) is 0. The van der Waals surface area contributed by atoms with Crippen LogP contribution in [0.25, 0.3) is 0 Å². The van der Waals surface area contributed by atoms with E-state index in [4.69, 9.17) is 9.05 Å². The van der Waals surface area contributed by atoms with E-state index in [1.807, 2.05) is 21.1 Å². The third-order valence-corrected chi connectivity index (χ3v) is 15.2. The minimum atomic E-state index is -4.57. The van der Waals surface area contributed by atoms with Crippen molar-refractivity contribution in [3.8, 4) is 0 Å². The Morgan fingerprint density at radius 2 is 0.797 bits per heavy atom. The summed E-state index contributed by atoms with van der Waals surface area (Å²) < 4.78 is 23.5. The lowest BCUT2D eigenvalue weighted by Crippen LogP contribution is -2.46. The molecular formula is C60H121N2O6P. The predicted octanol–water partition coefficient (Wildman–Crippen LogP) is 18.0. The Labute approximate surface area is 431 Å². The molecule has 9 heteroatoms. The second-order valence-corrected chi connectivity index (χ2v) is 23.8. The van der Waals surface area contributed by atoms with Gasteiger partial charge in [-0.15, -0.1) is 0 Å². The van der Waals surface area contributed by atoms with Gasteiger partial charge in [0, 0.05) is 6.42 Å². The Balaban J connectivity index is 4.11. The van der Waals surface area contributed by atoms with Crippen LogP contribution in [0.4, 0.5) is 0 Å². The van der Waals surface area contributed by atoms with Crippen LogP contribution in [-0.4, -0.2) is 68.5 Å². The van der Waals surface area contributed by atoms with Gasteiger partial charge >= 0.3 is 0 Å². The molecular weight excluding hydrogens is 876 g/mol. The number of amides is 1. The lowest BCUT2D eigenvalue weighted by atomic mass is 10.0. The molecule has 0 aliphatic rings. The summed E-state index contributed by atoms with van der Waals surface area (Å²) in [4.78, 5) is 25.6. The van der Waals surface area contributed by atoms with Crippen molar-refractivity contribution in [3.05, 3.63) is 12.2 Å². The molecule has 0 rings (SSSR count). The molecule has 3 atom stereocenters. The molecule has 0 bridgehead atoms. The number of hydrogen-bond acceptors (Lipinski definition) is 6. The van der Waals surface area contributed by atoms with Gasteiger partial charge in [0.05, 0.1) is 39.9 Å². The van der Waals surface area contributed by atoms with Gasteiger partial charge in [0.15, 0.2) is 0 Å². The van der Waals surface area contributed by atoms with E-state index < -0.39 is 20.0 Å². The van der Waals surface area contributed by atoms with Crippen molar-refractivity contribution in [2.24, 2.45) is 0 Å². The van der Waals surface area contributed by atoms with E-state index in [1.165, 1.54) is 250 Å². The molecule has 0 fully saturated rings. The Morgan fingerprint density at radius 1 is 0.493 bits per heavy atom. The number of nitrogens with zero attached hydrogens (tertiary/aromatic N) is 1. The summed E-state index contributed by atoms with van der Waals surface area (Å²) in [6.07, 6.45) is 63.9. The molecule has 412 valence electrons. The lowest BCUT2D eigenvalue weighted by molar-refractivity contribution is -0.870. The van der Waals surface area contributed by atoms with Crippen LogP contribution in [-0.2, 0) is 18.4 Å². The first-order valence-corrected chi connectivity index (χ1v) is 32.0. The van der Waals surface area contributed by atoms with Crippen molar-refractivity contribution in [2.75, 3.05) is 40.9 Å². The van der Waals surface area contributed by atoms with Crippen LogP contribution < -0.4 is 10.2 Å². The monoisotopic (exact) mass is 997 g/mol. The fourth-order valence-electron chi connectivity index (χ4n) is 9.45. The molecule has 8 nitrogen and oxygen atoms in total. The molecule has 0 spiro atoms. The number of carbonyl (C=O) groups is 1. The van der Waals surface area contributed by atoms with Crippen molar-refractivity contribution >= 4 is 13.7 Å². The lowest BCUT2D eigenvalue weighted by Gasteiger charge is -2.30. The number of aliphatic hydroxyl groups is 1. The van der Waals surface area contributed by atoms with E-state index in [0.29, 0.717) is 23.9 Å². The van der Waals surface area contributed by atoms with Crippen molar-refractivity contribution in [1.29, 1.82) is 0 Å². The molecule has 0 aliphatic carbocycles. The maximum Gasteiger partial charge on any atom is 0.268 e. The quantitative estimate of drug-likeness (QED) is 0.0272. The standard InChI is InChI=1S/C60H121N2O6P/c1-6-8-10-12-14-16-18-20-22-24-26-28-30-32-33-35-37-39-41-43-45-47-49-51-53-59(63)58(57-68-69(65,66)67-56-55-62(3,4)5)61-60(64)54-52-50-48-46-44-42-40-38-36-34-31-29-27-25-23-21-19-17-15-13-11-9-7-2/h25,27,58-59,63H,6-24,26,28-57H2,1-5H3,(H-,61,64,65,66)/b27-25-. The zero-order valence-corrected chi connectivity index (χ0v) is 47.9. The summed E-state index contributed by atoms with van der Waals surface area (Å²) in [7, 11) is 1.32. The Kier molecular flexibility index (Phi) is 51.5. The zero-order chi connectivity index (χ0) is 50.6. The highest BCUT2D eigenvalue weighted by molar-refractivity contribution is 7.45. The maximum absolute atomic E-state index is 13.0. The molecule has 2 N–H and O–H groups in total. The van der Waals surface area contributed by atoms with Gasteiger partial charge in [-0.05, 0) is 38.5 Å². The molecule has 1 amide bonds. The normalized spacial score (nSPS) is 13.9. The summed E-state index contributed by atoms with van der Waals surface area (Å²) in [5.74, 6) is -0.159. The van der Waals surface area contributed by atoms with Crippen LogP contribution in [0.5, 0.6) is 0 Å². The number of phosphoric ester groups is 1. The highest BCUT2D eigenvalue weighted by Crippen LogP contribution is 2.38. The van der Waals surface area contributed by atoms with E-state index in [1.54, 1.807) is 0 Å². The highest BCUT2D eigenvalue weighted by atomic mass is 31.2. The molecule has 69 heavy (non-hydrogen) atoms. The van der Waals surface area contributed by atoms with Gasteiger partial charge in [-0.1, -0.05) is 283 Å². The fraction of sp³-hybridized carbons (Fsp3) is 0.950. The number of likely N-dealkylation sites (N-methyl/N-ethyl adjacent to an activating group) is 1. The topological polar surface area (TPSA) is 108 Å². The van der Waals surface area contributed by atoms with Gasteiger partial charge in [-0.25, -0.2) is 0 Å². The molecule has 0 aromatic heterocycles. The van der Waals surface area contributed by atoms with Gasteiger partial charge in [-0.2, -0.15) is 0 Å². The number of quaternary nitrogens is 1. The van der Waals surface area contributed by atoms with Crippen molar-refractivity contribution in [3.63, 3.8) is 0 Å². The third kappa shape index (κ3) is 54.8. The van der Waals surface area contributed by atoms with Gasteiger partial charge in [0.1, 0.15) is 13.2 Å². The molecule has 0 radical (unpaired) electrons. The third-order valence-electron chi connectivity index (χ3n) is 14.3. The van der Waals surface area contributed by atoms with Crippen LogP contribution in [0, 0.1) is 0 Å². The van der Waals surface area contributed by atoms with Crippen LogP contribution in [0.1, 0.15) is 316 Å². The van der Waals surface area contributed by atoms with E-state index in [-0.39, 0.29) is 19.1 Å². The Hall–Kier alpha value is -0.760. The number of unbranched alkanes of at least 4 members (excludes halogenated alkanes) is 42. The smallest absolute Gasteiger partial charge is 0.268 e. The number of hydrogen-bond donors (Lipinski definition) is 2. The van der Waals surface area contributed by atoms with Gasteiger partial charge in [0.2, 0.25) is 5.91 Å². The van der Waals surface area contributed by atoms with Crippen molar-refractivity contribution in [2.45, 2.75) is 328 Å². The van der Waals surface area contributed by atoms with Crippen LogP contribution in [0.3, 0.4) is 0 Å². The molecule has 0 aromatic rings. The predicted molar refractivity (Wildman–Crippen MR) is 298 cm³/mol. The summed E-state index contributed by atoms with van der Waals surface area (Å²) in [6.45, 7) is 4.77. The number of carbonyl (C=O) groups excluding carboxylic acids is 1. The first-order valence-electron chi connectivity index (χ1n) is 30.5. The Morgan fingerprint density at radius 3 is 1.13 bits per heavy atom. The molecule has 3 unspecified atom stereocenters. The summed E-state index contributed by atoms with van der Waals surface area (Å²) in [5, 5.41) is 14.1. The Bertz CT molecular complexity index is 1130. The molecule has 0 heterocycles. The van der Waals surface area contributed by atoms with E-state index in [2.05, 4.69) is 31.3 Å². The highest BCUT2D eigenvalue weighted by Gasteiger charge is 2.24. The zero-order valence-electron chi connectivity index (χ0n) is 47.0. The minimum Gasteiger partial charge on any atom is -0.756 e. The minimum absolute atomic E-state index is 0.0148. The molecule has 0 aliphatic heterocycles. The number of nitrogens with one attached hydrogen (secondary N) is 1. The number of rotatable bonds is 57. The summed E-state index contributed by atoms with van der Waals surface area (Å²) >= 11 is 0. The first kappa shape index (κ1) is 68.2. The largest absolute Gasteiger partial charge is 0.756 e. The maximum atomic E-state index is 13.0. The van der Waals surface area contributed by atoms with E-state index in [9.17, 15) is 19.4 Å². The number of phosphoric acid groups is 1. The molecule has 0 saturated heterocycles. The average Bonchev–Trinajstić information content (AvgIpc) is 3.31. The average molecular weight is 998 g/mol. The van der Waals surface area contributed by atoms with Gasteiger partial charge < -0.3 is 28.8 Å². The first-order chi connectivity index (χ1) is 33.5. The number of allylic oxidation sites excluding steroid dienone is 2. The van der Waals surface area contributed by atoms with Crippen molar-refractivity contribution < 1.29 is 32.9 Å². The number of aliphatic hydroxyl groups excluding tert-OH is 1. The summed E-state index contributed by atoms with van der Waals surface area (Å²) in [6, 6.07) is -0.799.